The van der Waals surface area contributed by atoms with Crippen LogP contribution in [0, 0.1) is 0 Å². The molecule has 4 N–H and O–H groups in total. The van der Waals surface area contributed by atoms with E-state index >= 15 is 0 Å². The Morgan fingerprint density at radius 2 is 1.84 bits per heavy atom. The van der Waals surface area contributed by atoms with Crippen LogP contribution in [0.1, 0.15) is 17.5 Å². The van der Waals surface area contributed by atoms with Gasteiger partial charge in [-0.1, -0.05) is 36.4 Å². The summed E-state index contributed by atoms with van der Waals surface area (Å²) in [6, 6.07) is 15.3. The number of rotatable bonds is 3. The average Bonchev–Trinajstić information content (AvgIpc) is 2.85. The number of nitrogens with zero attached hydrogens (tertiary/aromatic N) is 1. The number of nitrogen functional groups attached to an aromatic ring is 1. The number of anilines is 1. The van der Waals surface area contributed by atoms with Crippen molar-refractivity contribution in [2.75, 3.05) is 5.73 Å². The number of aromatic nitrogens is 1. The molecule has 0 radical (unpaired) electrons. The number of oxazole rings is 1. The molecule has 3 aromatic rings. The monoisotopic (exact) mass is 253 g/mol. The number of hydrogen-bond donors (Lipinski definition) is 2. The van der Waals surface area contributed by atoms with Crippen molar-refractivity contribution in [1.82, 2.24) is 4.98 Å². The first kappa shape index (κ1) is 11.7. The SMILES string of the molecule is Nc1cccc2oc(C(N)Cc3ccccc3)nc12. The molecular weight excluding hydrogens is 238 g/mol. The van der Waals surface area contributed by atoms with Crippen molar-refractivity contribution < 1.29 is 4.42 Å². The van der Waals surface area contributed by atoms with Crippen LogP contribution >= 0.6 is 0 Å². The zero-order valence-corrected chi connectivity index (χ0v) is 10.4. The van der Waals surface area contributed by atoms with Crippen LogP contribution in [0.5, 0.6) is 0 Å². The van der Waals surface area contributed by atoms with Gasteiger partial charge in [0.05, 0.1) is 11.7 Å². The Balaban J connectivity index is 1.89. The highest BCUT2D eigenvalue weighted by atomic mass is 16.3. The second-order valence-corrected chi connectivity index (χ2v) is 4.54. The van der Waals surface area contributed by atoms with Crippen LogP contribution in [-0.4, -0.2) is 4.98 Å². The van der Waals surface area contributed by atoms with Crippen molar-refractivity contribution in [3.05, 3.63) is 60.0 Å². The van der Waals surface area contributed by atoms with Crippen LogP contribution in [0.25, 0.3) is 11.1 Å². The molecule has 0 fully saturated rings. The second-order valence-electron chi connectivity index (χ2n) is 4.54. The van der Waals surface area contributed by atoms with E-state index in [9.17, 15) is 0 Å². The van der Waals surface area contributed by atoms with Crippen molar-refractivity contribution in [1.29, 1.82) is 0 Å². The van der Waals surface area contributed by atoms with Gasteiger partial charge < -0.3 is 15.9 Å². The van der Waals surface area contributed by atoms with Gasteiger partial charge in [-0.05, 0) is 24.1 Å². The molecule has 1 aromatic heterocycles. The molecule has 0 amide bonds. The Labute approximate surface area is 111 Å². The van der Waals surface area contributed by atoms with Crippen molar-refractivity contribution in [2.45, 2.75) is 12.5 Å². The van der Waals surface area contributed by atoms with Gasteiger partial charge >= 0.3 is 0 Å². The lowest BCUT2D eigenvalue weighted by molar-refractivity contribution is 0.474. The summed E-state index contributed by atoms with van der Waals surface area (Å²) in [5.41, 5.74) is 15.1. The van der Waals surface area contributed by atoms with Crippen molar-refractivity contribution in [3.63, 3.8) is 0 Å². The van der Waals surface area contributed by atoms with Gasteiger partial charge in [-0.25, -0.2) is 4.98 Å². The van der Waals surface area contributed by atoms with Crippen LogP contribution in [0.15, 0.2) is 52.9 Å². The van der Waals surface area contributed by atoms with E-state index in [1.807, 2.05) is 42.5 Å². The summed E-state index contributed by atoms with van der Waals surface area (Å²) in [5, 5.41) is 0. The number of hydrogen-bond acceptors (Lipinski definition) is 4. The molecule has 1 unspecified atom stereocenters. The van der Waals surface area contributed by atoms with Crippen LogP contribution in [0.2, 0.25) is 0 Å². The third-order valence-electron chi connectivity index (χ3n) is 3.08. The number of para-hydroxylation sites is 1. The Kier molecular flexibility index (Phi) is 2.93. The summed E-state index contributed by atoms with van der Waals surface area (Å²) in [5.74, 6) is 0.525. The van der Waals surface area contributed by atoms with E-state index < -0.39 is 0 Å². The molecule has 4 heteroatoms. The van der Waals surface area contributed by atoms with E-state index in [0.717, 1.165) is 5.56 Å². The highest BCUT2D eigenvalue weighted by molar-refractivity contribution is 5.85. The highest BCUT2D eigenvalue weighted by Crippen LogP contribution is 2.24. The maximum Gasteiger partial charge on any atom is 0.212 e. The van der Waals surface area contributed by atoms with Crippen LogP contribution in [-0.2, 0) is 6.42 Å². The molecule has 3 rings (SSSR count). The molecular formula is C15H15N3O. The largest absolute Gasteiger partial charge is 0.439 e. The summed E-state index contributed by atoms with van der Waals surface area (Å²) < 4.78 is 5.67. The summed E-state index contributed by atoms with van der Waals surface area (Å²) in [4.78, 5) is 4.39. The number of nitrogens with two attached hydrogens (primary N) is 2. The van der Waals surface area contributed by atoms with E-state index in [1.165, 1.54) is 0 Å². The molecule has 0 saturated carbocycles. The number of fused-ring (bicyclic) bond motifs is 1. The summed E-state index contributed by atoms with van der Waals surface area (Å²) in [6.45, 7) is 0. The van der Waals surface area contributed by atoms with Gasteiger partial charge in [0.15, 0.2) is 5.58 Å². The van der Waals surface area contributed by atoms with Gasteiger partial charge in [0.1, 0.15) is 5.52 Å². The molecule has 19 heavy (non-hydrogen) atoms. The van der Waals surface area contributed by atoms with Gasteiger partial charge in [0, 0.05) is 0 Å². The minimum atomic E-state index is -0.269. The quantitative estimate of drug-likeness (QED) is 0.703. The topological polar surface area (TPSA) is 78.1 Å². The molecule has 0 aliphatic carbocycles. The van der Waals surface area contributed by atoms with Gasteiger partial charge in [-0.15, -0.1) is 0 Å². The fourth-order valence-electron chi connectivity index (χ4n) is 2.10. The minimum Gasteiger partial charge on any atom is -0.439 e. The maximum absolute atomic E-state index is 6.14. The Bertz CT molecular complexity index is 691. The lowest BCUT2D eigenvalue weighted by atomic mass is 10.1. The van der Waals surface area contributed by atoms with Gasteiger partial charge in [0.25, 0.3) is 0 Å². The third kappa shape index (κ3) is 2.30. The van der Waals surface area contributed by atoms with Gasteiger partial charge in [-0.2, -0.15) is 0 Å². The standard InChI is InChI=1S/C15H15N3O/c16-11-7-4-8-13-14(11)18-15(19-13)12(17)9-10-5-2-1-3-6-10/h1-8,12H,9,16-17H2. The maximum atomic E-state index is 6.14. The van der Waals surface area contributed by atoms with E-state index in [1.54, 1.807) is 6.07 Å². The van der Waals surface area contributed by atoms with Crippen LogP contribution < -0.4 is 11.5 Å². The van der Waals surface area contributed by atoms with Crippen molar-refractivity contribution in [2.24, 2.45) is 5.73 Å². The zero-order chi connectivity index (χ0) is 13.2. The lowest BCUT2D eigenvalue weighted by Gasteiger charge is -2.06. The predicted octanol–water partition coefficient (Wildman–Crippen LogP) is 2.65. The molecule has 0 saturated heterocycles. The average molecular weight is 253 g/mol. The van der Waals surface area contributed by atoms with E-state index in [2.05, 4.69) is 4.98 Å². The smallest absolute Gasteiger partial charge is 0.212 e. The first-order valence-corrected chi connectivity index (χ1v) is 6.18. The minimum absolute atomic E-state index is 0.269. The highest BCUT2D eigenvalue weighted by Gasteiger charge is 2.15. The predicted molar refractivity (Wildman–Crippen MR) is 75.5 cm³/mol. The molecule has 0 spiro atoms. The molecule has 0 bridgehead atoms. The van der Waals surface area contributed by atoms with Crippen LogP contribution in [0.3, 0.4) is 0 Å². The Morgan fingerprint density at radius 1 is 1.05 bits per heavy atom. The third-order valence-corrected chi connectivity index (χ3v) is 3.08. The molecule has 96 valence electrons. The Morgan fingerprint density at radius 3 is 2.58 bits per heavy atom. The van der Waals surface area contributed by atoms with Gasteiger partial charge in [-0.3, -0.25) is 0 Å². The first-order chi connectivity index (χ1) is 9.24. The Hall–Kier alpha value is -2.33. The molecule has 2 aromatic carbocycles. The summed E-state index contributed by atoms with van der Waals surface area (Å²) in [6.07, 6.45) is 0.688. The molecule has 1 heterocycles. The van der Waals surface area contributed by atoms with E-state index in [4.69, 9.17) is 15.9 Å². The summed E-state index contributed by atoms with van der Waals surface area (Å²) in [7, 11) is 0. The molecule has 4 nitrogen and oxygen atoms in total. The lowest BCUT2D eigenvalue weighted by Crippen LogP contribution is -2.13. The molecule has 1 atom stereocenters. The van der Waals surface area contributed by atoms with Gasteiger partial charge in [0.2, 0.25) is 5.89 Å². The summed E-state index contributed by atoms with van der Waals surface area (Å²) >= 11 is 0. The molecule has 0 aliphatic heterocycles. The molecule has 0 aliphatic rings. The van der Waals surface area contributed by atoms with E-state index in [-0.39, 0.29) is 6.04 Å². The van der Waals surface area contributed by atoms with Crippen LogP contribution in [0.4, 0.5) is 5.69 Å². The fourth-order valence-corrected chi connectivity index (χ4v) is 2.10. The number of benzene rings is 2. The first-order valence-electron chi connectivity index (χ1n) is 6.18. The normalized spacial score (nSPS) is 12.7. The van der Waals surface area contributed by atoms with Crippen molar-refractivity contribution in [3.8, 4) is 0 Å². The fraction of sp³-hybridized carbons (Fsp3) is 0.133. The van der Waals surface area contributed by atoms with E-state index in [0.29, 0.717) is 29.1 Å². The zero-order valence-electron chi connectivity index (χ0n) is 10.4. The second kappa shape index (κ2) is 4.74. The van der Waals surface area contributed by atoms with Crippen molar-refractivity contribution >= 4 is 16.8 Å².